The van der Waals surface area contributed by atoms with E-state index in [-0.39, 0.29) is 5.91 Å². The predicted octanol–water partition coefficient (Wildman–Crippen LogP) is 3.14. The summed E-state index contributed by atoms with van der Waals surface area (Å²) in [6.45, 7) is 4.57. The van der Waals surface area contributed by atoms with Gasteiger partial charge in [-0.1, -0.05) is 23.7 Å². The molecule has 0 aliphatic heterocycles. The van der Waals surface area contributed by atoms with E-state index in [1.54, 1.807) is 12.1 Å². The van der Waals surface area contributed by atoms with Gasteiger partial charge in [-0.05, 0) is 43.2 Å². The Morgan fingerprint density at radius 1 is 1.26 bits per heavy atom. The summed E-state index contributed by atoms with van der Waals surface area (Å²) in [7, 11) is 0. The van der Waals surface area contributed by atoms with Gasteiger partial charge in [0.25, 0.3) is 0 Å². The van der Waals surface area contributed by atoms with Gasteiger partial charge in [0, 0.05) is 23.0 Å². The van der Waals surface area contributed by atoms with Gasteiger partial charge in [0.15, 0.2) is 0 Å². The topological polar surface area (TPSA) is 44.9 Å². The maximum absolute atomic E-state index is 11.8. The lowest BCUT2D eigenvalue weighted by Crippen LogP contribution is -2.24. The number of benzene rings is 1. The van der Waals surface area contributed by atoms with Gasteiger partial charge in [-0.25, -0.2) is 0 Å². The molecule has 0 bridgehead atoms. The molecule has 2 N–H and O–H groups in total. The zero-order valence-electron chi connectivity index (χ0n) is 11.1. The van der Waals surface area contributed by atoms with Gasteiger partial charge in [-0.15, -0.1) is 0 Å². The number of hydrogen-bond acceptors (Lipinski definition) is 1. The van der Waals surface area contributed by atoms with Crippen LogP contribution in [0.4, 0.5) is 0 Å². The van der Waals surface area contributed by atoms with Crippen LogP contribution >= 0.6 is 11.6 Å². The van der Waals surface area contributed by atoms with Crippen molar-refractivity contribution in [2.24, 2.45) is 0 Å². The number of aryl methyl sites for hydroxylation is 2. The van der Waals surface area contributed by atoms with Gasteiger partial charge >= 0.3 is 0 Å². The van der Waals surface area contributed by atoms with Crippen LogP contribution < -0.4 is 5.32 Å². The van der Waals surface area contributed by atoms with Crippen LogP contribution in [0.5, 0.6) is 0 Å². The molecule has 4 heteroatoms. The molecule has 0 spiro atoms. The minimum Gasteiger partial charge on any atom is -0.362 e. The lowest BCUT2D eigenvalue weighted by atomic mass is 10.1. The molecule has 0 aliphatic carbocycles. The average Bonchev–Trinajstić information content (AvgIpc) is 2.68. The lowest BCUT2D eigenvalue weighted by Gasteiger charge is -2.05. The Bertz CT molecular complexity index is 572. The first-order valence-corrected chi connectivity index (χ1v) is 6.58. The number of carbonyl (C=O) groups excluding carboxylic acids is 1. The maximum Gasteiger partial charge on any atom is 0.224 e. The van der Waals surface area contributed by atoms with E-state index < -0.39 is 0 Å². The van der Waals surface area contributed by atoms with Crippen molar-refractivity contribution < 1.29 is 4.79 Å². The summed E-state index contributed by atoms with van der Waals surface area (Å²) in [5, 5.41) is 3.61. The molecule has 1 aromatic carbocycles. The van der Waals surface area contributed by atoms with Crippen molar-refractivity contribution in [2.45, 2.75) is 26.8 Å². The van der Waals surface area contributed by atoms with Crippen molar-refractivity contribution in [2.75, 3.05) is 0 Å². The molecular weight excluding hydrogens is 260 g/mol. The summed E-state index contributed by atoms with van der Waals surface area (Å²) < 4.78 is 0. The number of aromatic nitrogens is 1. The van der Waals surface area contributed by atoms with Crippen LogP contribution in [0.2, 0.25) is 5.02 Å². The third-order valence-electron chi connectivity index (χ3n) is 3.01. The van der Waals surface area contributed by atoms with Crippen LogP contribution in [0.25, 0.3) is 0 Å². The molecule has 0 aliphatic rings. The zero-order chi connectivity index (χ0) is 13.8. The second kappa shape index (κ2) is 5.93. The van der Waals surface area contributed by atoms with Gasteiger partial charge in [0.05, 0.1) is 6.42 Å². The minimum absolute atomic E-state index is 0.0144. The summed E-state index contributed by atoms with van der Waals surface area (Å²) in [6.07, 6.45) is 0.375. The monoisotopic (exact) mass is 276 g/mol. The number of halogens is 1. The van der Waals surface area contributed by atoms with Crippen LogP contribution in [0.3, 0.4) is 0 Å². The fourth-order valence-electron chi connectivity index (χ4n) is 2.01. The van der Waals surface area contributed by atoms with Crippen LogP contribution in [0.15, 0.2) is 30.3 Å². The first-order chi connectivity index (χ1) is 9.04. The molecule has 1 aromatic heterocycles. The van der Waals surface area contributed by atoms with E-state index in [4.69, 9.17) is 11.6 Å². The second-order valence-corrected chi connectivity index (χ2v) is 5.12. The smallest absolute Gasteiger partial charge is 0.224 e. The van der Waals surface area contributed by atoms with Crippen molar-refractivity contribution in [1.29, 1.82) is 0 Å². The standard InChI is InChI=1S/C15H17ClN2O/c1-10-7-13(11(2)18-10)9-17-15(19)8-12-3-5-14(16)6-4-12/h3-7,18H,8-9H2,1-2H3,(H,17,19). The van der Waals surface area contributed by atoms with Crippen molar-refractivity contribution in [3.8, 4) is 0 Å². The number of nitrogens with one attached hydrogen (secondary N) is 2. The van der Waals surface area contributed by atoms with E-state index >= 15 is 0 Å². The van der Waals surface area contributed by atoms with Crippen LogP contribution in [0, 0.1) is 13.8 Å². The molecule has 2 rings (SSSR count). The Balaban J connectivity index is 1.88. The largest absolute Gasteiger partial charge is 0.362 e. The highest BCUT2D eigenvalue weighted by Gasteiger charge is 2.06. The summed E-state index contributed by atoms with van der Waals surface area (Å²) >= 11 is 5.81. The summed E-state index contributed by atoms with van der Waals surface area (Å²) in [6, 6.07) is 9.38. The van der Waals surface area contributed by atoms with Gasteiger partial charge in [-0.3, -0.25) is 4.79 Å². The predicted molar refractivity (Wildman–Crippen MR) is 77.3 cm³/mol. The summed E-state index contributed by atoms with van der Waals surface area (Å²) in [5.41, 5.74) is 4.30. The van der Waals surface area contributed by atoms with E-state index in [0.717, 1.165) is 22.5 Å². The highest BCUT2D eigenvalue weighted by Crippen LogP contribution is 2.11. The van der Waals surface area contributed by atoms with E-state index in [1.165, 1.54) is 0 Å². The van der Waals surface area contributed by atoms with Gasteiger partial charge in [0.1, 0.15) is 0 Å². The van der Waals surface area contributed by atoms with E-state index in [0.29, 0.717) is 18.0 Å². The number of carbonyl (C=O) groups is 1. The number of aromatic amines is 1. The fraction of sp³-hybridized carbons (Fsp3) is 0.267. The van der Waals surface area contributed by atoms with Crippen molar-refractivity contribution >= 4 is 17.5 Å². The molecular formula is C15H17ClN2O. The third-order valence-corrected chi connectivity index (χ3v) is 3.26. The quantitative estimate of drug-likeness (QED) is 0.885. The number of hydrogen-bond donors (Lipinski definition) is 2. The molecule has 3 nitrogen and oxygen atoms in total. The Kier molecular flexibility index (Phi) is 4.27. The zero-order valence-corrected chi connectivity index (χ0v) is 11.8. The summed E-state index contributed by atoms with van der Waals surface area (Å²) in [5.74, 6) is 0.0144. The Hall–Kier alpha value is -1.74. The molecule has 1 heterocycles. The molecule has 2 aromatic rings. The van der Waals surface area contributed by atoms with E-state index in [9.17, 15) is 4.79 Å². The first-order valence-electron chi connectivity index (χ1n) is 6.21. The molecule has 100 valence electrons. The second-order valence-electron chi connectivity index (χ2n) is 4.68. The Morgan fingerprint density at radius 3 is 2.53 bits per heavy atom. The number of H-pyrrole nitrogens is 1. The molecule has 0 fully saturated rings. The SMILES string of the molecule is Cc1cc(CNC(=O)Cc2ccc(Cl)cc2)c(C)[nH]1. The minimum atomic E-state index is 0.0144. The molecule has 0 saturated heterocycles. The van der Waals surface area contributed by atoms with Gasteiger partial charge in [0.2, 0.25) is 5.91 Å². The van der Waals surface area contributed by atoms with Gasteiger partial charge in [-0.2, -0.15) is 0 Å². The van der Waals surface area contributed by atoms with Gasteiger partial charge < -0.3 is 10.3 Å². The normalized spacial score (nSPS) is 10.5. The van der Waals surface area contributed by atoms with E-state index in [1.807, 2.05) is 26.0 Å². The lowest BCUT2D eigenvalue weighted by molar-refractivity contribution is -0.120. The van der Waals surface area contributed by atoms with Crippen LogP contribution in [0.1, 0.15) is 22.5 Å². The Labute approximate surface area is 118 Å². The van der Waals surface area contributed by atoms with Crippen molar-refractivity contribution in [3.05, 3.63) is 57.9 Å². The summed E-state index contributed by atoms with van der Waals surface area (Å²) in [4.78, 5) is 15.1. The molecule has 19 heavy (non-hydrogen) atoms. The third kappa shape index (κ3) is 3.86. The van der Waals surface area contributed by atoms with Crippen LogP contribution in [-0.2, 0) is 17.8 Å². The van der Waals surface area contributed by atoms with Crippen LogP contribution in [-0.4, -0.2) is 10.9 Å². The number of amides is 1. The highest BCUT2D eigenvalue weighted by atomic mass is 35.5. The molecule has 0 saturated carbocycles. The fourth-order valence-corrected chi connectivity index (χ4v) is 2.14. The Morgan fingerprint density at radius 2 is 1.95 bits per heavy atom. The van der Waals surface area contributed by atoms with Crippen molar-refractivity contribution in [3.63, 3.8) is 0 Å². The van der Waals surface area contributed by atoms with Crippen molar-refractivity contribution in [1.82, 2.24) is 10.3 Å². The van der Waals surface area contributed by atoms with E-state index in [2.05, 4.69) is 16.4 Å². The first kappa shape index (κ1) is 13.7. The number of rotatable bonds is 4. The molecule has 0 radical (unpaired) electrons. The maximum atomic E-state index is 11.8. The molecule has 0 atom stereocenters. The molecule has 1 amide bonds. The average molecular weight is 277 g/mol. The molecule has 0 unspecified atom stereocenters. The highest BCUT2D eigenvalue weighted by molar-refractivity contribution is 6.30.